The van der Waals surface area contributed by atoms with Crippen LogP contribution in [0, 0.1) is 0 Å². The van der Waals surface area contributed by atoms with Crippen LogP contribution in [0.25, 0.3) is 0 Å². The fourth-order valence-electron chi connectivity index (χ4n) is 0.628. The highest BCUT2D eigenvalue weighted by Crippen LogP contribution is 2.25. The monoisotopic (exact) mass is 201 g/mol. The first-order valence-electron chi connectivity index (χ1n) is 2.79. The van der Waals surface area contributed by atoms with Crippen LogP contribution >= 0.6 is 15.9 Å². The summed E-state index contributed by atoms with van der Waals surface area (Å²) in [5, 5.41) is 10.9. The van der Waals surface area contributed by atoms with E-state index in [4.69, 9.17) is 4.74 Å². The summed E-state index contributed by atoms with van der Waals surface area (Å²) in [7, 11) is 0. The van der Waals surface area contributed by atoms with Gasteiger partial charge in [0.1, 0.15) is 5.52 Å². The number of hydrogen-bond donors (Lipinski definition) is 0. The third-order valence-corrected chi connectivity index (χ3v) is 1.29. The van der Waals surface area contributed by atoms with E-state index in [1.807, 2.05) is 0 Å². The molecule has 0 atom stereocenters. The van der Waals surface area contributed by atoms with Crippen molar-refractivity contribution in [1.82, 2.24) is 0 Å². The van der Waals surface area contributed by atoms with E-state index in [-0.39, 0.29) is 5.75 Å². The van der Waals surface area contributed by atoms with E-state index in [9.17, 15) is 5.11 Å². The van der Waals surface area contributed by atoms with Crippen molar-refractivity contribution in [3.63, 3.8) is 0 Å². The van der Waals surface area contributed by atoms with Crippen LogP contribution in [-0.2, 0) is 5.11 Å². The molecule has 1 rings (SSSR count). The number of para-hydroxylation sites is 2. The van der Waals surface area contributed by atoms with Crippen molar-refractivity contribution in [2.45, 2.75) is 0 Å². The van der Waals surface area contributed by atoms with Crippen molar-refractivity contribution in [2.24, 2.45) is 0 Å². The molecule has 3 heteroatoms. The summed E-state index contributed by atoms with van der Waals surface area (Å²) < 4.78 is 4.94. The zero-order valence-corrected chi connectivity index (χ0v) is 6.80. The van der Waals surface area contributed by atoms with Gasteiger partial charge in [-0.15, -0.1) is 0 Å². The van der Waals surface area contributed by atoms with E-state index in [0.717, 1.165) is 0 Å². The highest BCUT2D eigenvalue weighted by Gasteiger charge is 1.99. The molecule has 0 N–H and O–H groups in total. The summed E-state index contributed by atoms with van der Waals surface area (Å²) in [4.78, 5) is 0. The molecule has 0 unspecified atom stereocenters. The minimum Gasteiger partial charge on any atom is -0.478 e. The number of halogens is 1. The van der Waals surface area contributed by atoms with E-state index >= 15 is 0 Å². The molecule has 0 fully saturated rings. The number of ether oxygens (including phenoxy) is 1. The first-order valence-corrected chi connectivity index (χ1v) is 3.91. The number of alkyl halides is 1. The van der Waals surface area contributed by atoms with Crippen molar-refractivity contribution in [3.05, 3.63) is 24.3 Å². The SMILES string of the molecule is [O]c1ccccc1OCBr. The van der Waals surface area contributed by atoms with Crippen LogP contribution in [0.3, 0.4) is 0 Å². The van der Waals surface area contributed by atoms with Gasteiger partial charge in [0.05, 0.1) is 0 Å². The van der Waals surface area contributed by atoms with Gasteiger partial charge in [-0.05, 0) is 28.1 Å². The fourth-order valence-corrected chi connectivity index (χ4v) is 0.875. The van der Waals surface area contributed by atoms with E-state index in [0.29, 0.717) is 11.3 Å². The molecule has 0 aliphatic carbocycles. The molecule has 0 saturated carbocycles. The highest BCUT2D eigenvalue weighted by atomic mass is 79.9. The van der Waals surface area contributed by atoms with Gasteiger partial charge >= 0.3 is 0 Å². The Morgan fingerprint density at radius 2 is 2.10 bits per heavy atom. The molecule has 10 heavy (non-hydrogen) atoms. The van der Waals surface area contributed by atoms with Gasteiger partial charge in [-0.1, -0.05) is 12.1 Å². The molecule has 0 aliphatic rings. The van der Waals surface area contributed by atoms with E-state index in [2.05, 4.69) is 15.9 Å². The first kappa shape index (κ1) is 7.41. The Kier molecular flexibility index (Phi) is 2.57. The van der Waals surface area contributed by atoms with E-state index < -0.39 is 0 Å². The molecular weight excluding hydrogens is 196 g/mol. The van der Waals surface area contributed by atoms with Crippen LogP contribution in [0.15, 0.2) is 24.3 Å². The standard InChI is InChI=1S/C7H6BrO2/c8-5-10-7-4-2-1-3-6(7)9/h1-4H,5H2. The van der Waals surface area contributed by atoms with Crippen molar-refractivity contribution in [1.29, 1.82) is 0 Å². The maximum Gasteiger partial charge on any atom is 0.220 e. The molecule has 0 spiro atoms. The Labute approximate surface area is 67.6 Å². The van der Waals surface area contributed by atoms with Crippen LogP contribution in [0.4, 0.5) is 0 Å². The Hall–Kier alpha value is -0.700. The second-order valence-corrected chi connectivity index (χ2v) is 2.16. The van der Waals surface area contributed by atoms with Crippen LogP contribution in [0.1, 0.15) is 0 Å². The van der Waals surface area contributed by atoms with Crippen LogP contribution < -0.4 is 4.74 Å². The van der Waals surface area contributed by atoms with Crippen LogP contribution in [-0.4, -0.2) is 5.52 Å². The Morgan fingerprint density at radius 3 is 2.70 bits per heavy atom. The Bertz CT molecular complexity index is 213. The smallest absolute Gasteiger partial charge is 0.220 e. The fraction of sp³-hybridized carbons (Fsp3) is 0.143. The third kappa shape index (κ3) is 1.64. The van der Waals surface area contributed by atoms with E-state index in [1.54, 1.807) is 18.2 Å². The predicted octanol–water partition coefficient (Wildman–Crippen LogP) is 2.56. The summed E-state index contributed by atoms with van der Waals surface area (Å²) in [6, 6.07) is 6.56. The van der Waals surface area contributed by atoms with Crippen molar-refractivity contribution >= 4 is 15.9 Å². The molecule has 0 amide bonds. The molecule has 0 bridgehead atoms. The topological polar surface area (TPSA) is 29.1 Å². The van der Waals surface area contributed by atoms with E-state index in [1.165, 1.54) is 6.07 Å². The largest absolute Gasteiger partial charge is 0.478 e. The average Bonchev–Trinajstić information content (AvgIpc) is 1.94. The van der Waals surface area contributed by atoms with Gasteiger partial charge in [-0.2, -0.15) is 0 Å². The average molecular weight is 202 g/mol. The summed E-state index contributed by atoms with van der Waals surface area (Å²) in [6.07, 6.45) is 0. The lowest BCUT2D eigenvalue weighted by Gasteiger charge is -2.00. The molecule has 1 aromatic carbocycles. The summed E-state index contributed by atoms with van der Waals surface area (Å²) in [6.45, 7) is 0. The lowest BCUT2D eigenvalue weighted by Crippen LogP contribution is -1.87. The van der Waals surface area contributed by atoms with Gasteiger partial charge in [-0.3, -0.25) is 5.11 Å². The van der Waals surface area contributed by atoms with Crippen molar-refractivity contribution in [2.75, 3.05) is 5.52 Å². The number of benzene rings is 1. The number of rotatable bonds is 2. The summed E-state index contributed by atoms with van der Waals surface area (Å²) in [5.74, 6) is 0.307. The third-order valence-electron chi connectivity index (χ3n) is 1.06. The molecular formula is C7H6BrO2. The van der Waals surface area contributed by atoms with Gasteiger partial charge in [-0.25, -0.2) is 0 Å². The van der Waals surface area contributed by atoms with Crippen molar-refractivity contribution < 1.29 is 9.84 Å². The number of hydrogen-bond acceptors (Lipinski definition) is 1. The van der Waals surface area contributed by atoms with Crippen LogP contribution in [0.2, 0.25) is 0 Å². The predicted molar refractivity (Wildman–Crippen MR) is 41.0 cm³/mol. The molecule has 0 aromatic heterocycles. The second kappa shape index (κ2) is 3.46. The molecule has 0 aliphatic heterocycles. The molecule has 0 heterocycles. The van der Waals surface area contributed by atoms with Gasteiger partial charge in [0.15, 0.2) is 5.75 Å². The highest BCUT2D eigenvalue weighted by molar-refractivity contribution is 9.09. The zero-order chi connectivity index (χ0) is 7.40. The van der Waals surface area contributed by atoms with Crippen molar-refractivity contribution in [3.8, 4) is 11.5 Å². The Balaban J connectivity index is 2.81. The summed E-state index contributed by atoms with van der Waals surface area (Å²) in [5.41, 5.74) is 0.353. The maximum absolute atomic E-state index is 10.9. The molecule has 53 valence electrons. The quantitative estimate of drug-likeness (QED) is 0.677. The zero-order valence-electron chi connectivity index (χ0n) is 5.21. The van der Waals surface area contributed by atoms with Gasteiger partial charge in [0.25, 0.3) is 0 Å². The van der Waals surface area contributed by atoms with Gasteiger partial charge < -0.3 is 4.74 Å². The van der Waals surface area contributed by atoms with Crippen LogP contribution in [0.5, 0.6) is 11.5 Å². The minimum absolute atomic E-state index is 0.0815. The molecule has 0 saturated heterocycles. The van der Waals surface area contributed by atoms with Gasteiger partial charge in [0, 0.05) is 0 Å². The molecule has 2 nitrogen and oxygen atoms in total. The first-order chi connectivity index (χ1) is 4.84. The minimum atomic E-state index is -0.0815. The Morgan fingerprint density at radius 1 is 1.40 bits per heavy atom. The van der Waals surface area contributed by atoms with Gasteiger partial charge in [0.2, 0.25) is 5.75 Å². The lowest BCUT2D eigenvalue weighted by atomic mass is 10.3. The second-order valence-electron chi connectivity index (χ2n) is 1.70. The molecule has 1 radical (unpaired) electrons. The normalized spacial score (nSPS) is 9.30. The molecule has 1 aromatic rings. The lowest BCUT2D eigenvalue weighted by molar-refractivity contribution is 0.310. The maximum atomic E-state index is 10.9. The summed E-state index contributed by atoms with van der Waals surface area (Å²) >= 11 is 3.06.